The number of carbonyl (C=O) groups excluding carboxylic acids is 1. The molecule has 0 atom stereocenters. The van der Waals surface area contributed by atoms with Crippen molar-refractivity contribution in [2.75, 3.05) is 26.0 Å². The number of amides is 1. The van der Waals surface area contributed by atoms with Crippen LogP contribution in [0.25, 0.3) is 0 Å². The maximum atomic E-state index is 12.0. The molecule has 0 spiro atoms. The highest BCUT2D eigenvalue weighted by molar-refractivity contribution is 5.78. The van der Waals surface area contributed by atoms with Gasteiger partial charge in [0.1, 0.15) is 11.5 Å². The number of hydrogen-bond donors (Lipinski definition) is 1. The summed E-state index contributed by atoms with van der Waals surface area (Å²) in [4.78, 5) is 13.9. The van der Waals surface area contributed by atoms with Gasteiger partial charge in [-0.2, -0.15) is 0 Å². The molecule has 0 aromatic heterocycles. The van der Waals surface area contributed by atoms with Crippen LogP contribution in [0.1, 0.15) is 19.8 Å². The summed E-state index contributed by atoms with van der Waals surface area (Å²) in [5.74, 6) is 1.21. The molecule has 5 nitrogen and oxygen atoms in total. The normalized spacial score (nSPS) is 14.0. The summed E-state index contributed by atoms with van der Waals surface area (Å²) in [6.45, 7) is 2.77. The standard InChI is InChI=1S/C14H20N2O3/c1-3-16(10-4-5-10)14(17)9-19-11-6-7-13(18-2)12(15)8-11/h6-8,10H,3-5,9,15H2,1-2H3. The highest BCUT2D eigenvalue weighted by Crippen LogP contribution is 2.28. The van der Waals surface area contributed by atoms with Crippen LogP contribution in [0.2, 0.25) is 0 Å². The lowest BCUT2D eigenvalue weighted by molar-refractivity contribution is -0.133. The van der Waals surface area contributed by atoms with E-state index >= 15 is 0 Å². The average Bonchev–Trinajstić information content (AvgIpc) is 3.22. The molecule has 1 saturated carbocycles. The van der Waals surface area contributed by atoms with Crippen molar-refractivity contribution in [1.82, 2.24) is 4.90 Å². The quantitative estimate of drug-likeness (QED) is 0.794. The van der Waals surface area contributed by atoms with E-state index in [0.717, 1.165) is 19.4 Å². The van der Waals surface area contributed by atoms with Gasteiger partial charge in [-0.3, -0.25) is 4.79 Å². The monoisotopic (exact) mass is 264 g/mol. The van der Waals surface area contributed by atoms with Gasteiger partial charge in [0.15, 0.2) is 6.61 Å². The summed E-state index contributed by atoms with van der Waals surface area (Å²) < 4.78 is 10.5. The lowest BCUT2D eigenvalue weighted by Crippen LogP contribution is -2.36. The molecule has 0 unspecified atom stereocenters. The Balaban J connectivity index is 1.91. The summed E-state index contributed by atoms with van der Waals surface area (Å²) in [7, 11) is 1.56. The van der Waals surface area contributed by atoms with Crippen LogP contribution in [0.15, 0.2) is 18.2 Å². The van der Waals surface area contributed by atoms with Crippen LogP contribution in [0.4, 0.5) is 5.69 Å². The predicted molar refractivity (Wildman–Crippen MR) is 73.3 cm³/mol. The van der Waals surface area contributed by atoms with Gasteiger partial charge >= 0.3 is 0 Å². The van der Waals surface area contributed by atoms with Gasteiger partial charge in [-0.1, -0.05) is 0 Å². The molecule has 19 heavy (non-hydrogen) atoms. The Bertz CT molecular complexity index is 458. The zero-order valence-electron chi connectivity index (χ0n) is 11.4. The fraction of sp³-hybridized carbons (Fsp3) is 0.500. The third-order valence-corrected chi connectivity index (χ3v) is 3.21. The van der Waals surface area contributed by atoms with E-state index in [1.165, 1.54) is 0 Å². The minimum absolute atomic E-state index is 0.0272. The first-order valence-corrected chi connectivity index (χ1v) is 6.51. The van der Waals surface area contributed by atoms with E-state index < -0.39 is 0 Å². The molecule has 1 amide bonds. The third kappa shape index (κ3) is 3.30. The highest BCUT2D eigenvalue weighted by atomic mass is 16.5. The molecular weight excluding hydrogens is 244 g/mol. The van der Waals surface area contributed by atoms with Crippen molar-refractivity contribution in [3.8, 4) is 11.5 Å². The number of nitrogen functional groups attached to an aromatic ring is 1. The Morgan fingerprint density at radius 1 is 1.47 bits per heavy atom. The van der Waals surface area contributed by atoms with E-state index in [0.29, 0.717) is 23.2 Å². The molecule has 0 bridgehead atoms. The highest BCUT2D eigenvalue weighted by Gasteiger charge is 2.31. The van der Waals surface area contributed by atoms with Gasteiger partial charge in [0.2, 0.25) is 0 Å². The number of benzene rings is 1. The van der Waals surface area contributed by atoms with Gasteiger partial charge in [0.05, 0.1) is 12.8 Å². The number of nitrogens with zero attached hydrogens (tertiary/aromatic N) is 1. The van der Waals surface area contributed by atoms with Crippen LogP contribution >= 0.6 is 0 Å². The van der Waals surface area contributed by atoms with Crippen molar-refractivity contribution in [3.05, 3.63) is 18.2 Å². The number of methoxy groups -OCH3 is 1. The van der Waals surface area contributed by atoms with Gasteiger partial charge in [-0.25, -0.2) is 0 Å². The molecule has 1 aromatic rings. The SMILES string of the molecule is CCN(C(=O)COc1ccc(OC)c(N)c1)C1CC1. The summed E-state index contributed by atoms with van der Waals surface area (Å²) in [5.41, 5.74) is 6.28. The Hall–Kier alpha value is -1.91. The number of anilines is 1. The molecule has 2 rings (SSSR count). The zero-order valence-corrected chi connectivity index (χ0v) is 11.4. The topological polar surface area (TPSA) is 64.8 Å². The van der Waals surface area contributed by atoms with Crippen LogP contribution < -0.4 is 15.2 Å². The predicted octanol–water partition coefficient (Wildman–Crippen LogP) is 1.67. The van der Waals surface area contributed by atoms with Gasteiger partial charge in [0, 0.05) is 18.7 Å². The van der Waals surface area contributed by atoms with Gasteiger partial charge in [-0.15, -0.1) is 0 Å². The van der Waals surface area contributed by atoms with Crippen molar-refractivity contribution in [2.24, 2.45) is 0 Å². The van der Waals surface area contributed by atoms with Crippen LogP contribution in [0.5, 0.6) is 11.5 Å². The fourth-order valence-electron chi connectivity index (χ4n) is 2.05. The Morgan fingerprint density at radius 3 is 2.74 bits per heavy atom. The second-order valence-corrected chi connectivity index (χ2v) is 4.60. The van der Waals surface area contributed by atoms with Crippen molar-refractivity contribution in [2.45, 2.75) is 25.8 Å². The van der Waals surface area contributed by atoms with Gasteiger partial charge in [-0.05, 0) is 31.9 Å². The molecule has 1 aliphatic rings. The van der Waals surface area contributed by atoms with Crippen LogP contribution in [-0.4, -0.2) is 37.1 Å². The molecular formula is C14H20N2O3. The van der Waals surface area contributed by atoms with Crippen molar-refractivity contribution >= 4 is 11.6 Å². The molecule has 1 fully saturated rings. The molecule has 0 heterocycles. The van der Waals surface area contributed by atoms with Crippen LogP contribution in [0, 0.1) is 0 Å². The zero-order chi connectivity index (χ0) is 13.8. The Labute approximate surface area is 113 Å². The first-order chi connectivity index (χ1) is 9.15. The maximum absolute atomic E-state index is 12.0. The molecule has 0 aliphatic heterocycles. The van der Waals surface area contributed by atoms with E-state index in [1.54, 1.807) is 25.3 Å². The van der Waals surface area contributed by atoms with E-state index in [-0.39, 0.29) is 12.5 Å². The smallest absolute Gasteiger partial charge is 0.260 e. The lowest BCUT2D eigenvalue weighted by Gasteiger charge is -2.20. The Kier molecular flexibility index (Phi) is 4.14. The summed E-state index contributed by atoms with van der Waals surface area (Å²) >= 11 is 0. The average molecular weight is 264 g/mol. The first-order valence-electron chi connectivity index (χ1n) is 6.51. The van der Waals surface area contributed by atoms with E-state index in [1.807, 2.05) is 11.8 Å². The molecule has 1 aromatic carbocycles. The number of hydrogen-bond acceptors (Lipinski definition) is 4. The number of carbonyl (C=O) groups is 1. The molecule has 2 N–H and O–H groups in total. The van der Waals surface area contributed by atoms with Gasteiger partial charge in [0.25, 0.3) is 5.91 Å². The second-order valence-electron chi connectivity index (χ2n) is 4.60. The van der Waals surface area contributed by atoms with Crippen molar-refractivity contribution in [1.29, 1.82) is 0 Å². The fourth-order valence-corrected chi connectivity index (χ4v) is 2.05. The summed E-state index contributed by atoms with van der Waals surface area (Å²) in [6.07, 6.45) is 2.21. The summed E-state index contributed by atoms with van der Waals surface area (Å²) in [5, 5.41) is 0. The van der Waals surface area contributed by atoms with Crippen LogP contribution in [0.3, 0.4) is 0 Å². The van der Waals surface area contributed by atoms with E-state index in [4.69, 9.17) is 15.2 Å². The Morgan fingerprint density at radius 2 is 2.21 bits per heavy atom. The third-order valence-electron chi connectivity index (χ3n) is 3.21. The number of rotatable bonds is 6. The number of ether oxygens (including phenoxy) is 2. The largest absolute Gasteiger partial charge is 0.495 e. The number of nitrogens with two attached hydrogens (primary N) is 1. The van der Waals surface area contributed by atoms with E-state index in [9.17, 15) is 4.79 Å². The minimum atomic E-state index is 0.0272. The summed E-state index contributed by atoms with van der Waals surface area (Å²) in [6, 6.07) is 5.56. The van der Waals surface area contributed by atoms with E-state index in [2.05, 4.69) is 0 Å². The first kappa shape index (κ1) is 13.5. The molecule has 0 radical (unpaired) electrons. The minimum Gasteiger partial charge on any atom is -0.495 e. The number of likely N-dealkylation sites (N-methyl/N-ethyl adjacent to an activating group) is 1. The van der Waals surface area contributed by atoms with Gasteiger partial charge < -0.3 is 20.1 Å². The molecule has 1 aliphatic carbocycles. The molecule has 104 valence electrons. The van der Waals surface area contributed by atoms with Crippen molar-refractivity contribution < 1.29 is 14.3 Å². The molecule has 0 saturated heterocycles. The second kappa shape index (κ2) is 5.82. The maximum Gasteiger partial charge on any atom is 0.260 e. The lowest BCUT2D eigenvalue weighted by atomic mass is 10.3. The van der Waals surface area contributed by atoms with Crippen LogP contribution in [-0.2, 0) is 4.79 Å². The molecule has 5 heteroatoms. The van der Waals surface area contributed by atoms with Crippen molar-refractivity contribution in [3.63, 3.8) is 0 Å².